The van der Waals surface area contributed by atoms with E-state index < -0.39 is 11.9 Å². The van der Waals surface area contributed by atoms with Gasteiger partial charge >= 0.3 is 31.7 Å². The summed E-state index contributed by atoms with van der Waals surface area (Å²) in [5.74, 6) is -2.40. The van der Waals surface area contributed by atoms with E-state index >= 15 is 0 Å². The van der Waals surface area contributed by atoms with Crippen LogP contribution >= 0.6 is 0 Å². The maximum Gasteiger partial charge on any atom is 2.00 e. The van der Waals surface area contributed by atoms with Crippen LogP contribution in [0.5, 0.6) is 0 Å². The Morgan fingerprint density at radius 1 is 0.846 bits per heavy atom. The molecular weight excluding hydrogens is 532 g/mol. The third kappa shape index (κ3) is 7.14. The van der Waals surface area contributed by atoms with Gasteiger partial charge in [-0.1, -0.05) is 30.3 Å². The maximum atomic E-state index is 10.4. The van der Waals surface area contributed by atoms with E-state index in [0.717, 1.165) is 12.3 Å². The van der Waals surface area contributed by atoms with Crippen LogP contribution in [0.3, 0.4) is 0 Å². The Labute approximate surface area is 170 Å². The average Bonchev–Trinajstić information content (AvgIpc) is 2.64. The molecule has 5 nitrogen and oxygen atoms in total. The molecule has 2 aromatic carbocycles. The molecule has 0 aliphatic carbocycles. The van der Waals surface area contributed by atoms with Gasteiger partial charge < -0.3 is 22.6 Å². The molecule has 3 rings (SSSR count). The molecule has 7 heteroatoms. The molecular formula is C19H14ClNO4Os. The van der Waals surface area contributed by atoms with Crippen molar-refractivity contribution in [3.05, 3.63) is 90.3 Å². The van der Waals surface area contributed by atoms with Gasteiger partial charge in [0.15, 0.2) is 0 Å². The number of hydrogen-bond acceptors (Lipinski definition) is 3. The zero-order valence-corrected chi connectivity index (χ0v) is 16.6. The summed E-state index contributed by atoms with van der Waals surface area (Å²) in [5, 5.41) is 16.9. The van der Waals surface area contributed by atoms with Gasteiger partial charge in [0.1, 0.15) is 5.69 Å². The number of rotatable bonds is 3. The van der Waals surface area contributed by atoms with Crippen LogP contribution in [0, 0.1) is 6.07 Å². The summed E-state index contributed by atoms with van der Waals surface area (Å²) in [5.41, 5.74) is 2.15. The molecule has 0 atom stereocenters. The fourth-order valence-corrected chi connectivity index (χ4v) is 1.89. The van der Waals surface area contributed by atoms with Crippen molar-refractivity contribution in [2.45, 2.75) is 0 Å². The van der Waals surface area contributed by atoms with Crippen LogP contribution in [0.2, 0.25) is 0 Å². The second-order valence-electron chi connectivity index (χ2n) is 4.69. The van der Waals surface area contributed by atoms with Crippen molar-refractivity contribution < 1.29 is 52.0 Å². The Hall–Kier alpha value is -2.54. The van der Waals surface area contributed by atoms with Crippen molar-refractivity contribution >= 4 is 11.9 Å². The predicted molar refractivity (Wildman–Crippen MR) is 88.9 cm³/mol. The van der Waals surface area contributed by atoms with Crippen molar-refractivity contribution in [3.8, 4) is 11.1 Å². The van der Waals surface area contributed by atoms with E-state index in [4.69, 9.17) is 10.2 Å². The predicted octanol–water partition coefficient (Wildman–Crippen LogP) is 0.633. The topological polar surface area (TPSA) is 87.5 Å². The van der Waals surface area contributed by atoms with Gasteiger partial charge in [0.25, 0.3) is 0 Å². The third-order valence-electron chi connectivity index (χ3n) is 3.05. The zero-order valence-electron chi connectivity index (χ0n) is 13.3. The Balaban J connectivity index is 0.000000446. The summed E-state index contributed by atoms with van der Waals surface area (Å²) < 4.78 is 0. The van der Waals surface area contributed by atoms with Gasteiger partial charge in [0.2, 0.25) is 0 Å². The fourth-order valence-electron chi connectivity index (χ4n) is 1.89. The van der Waals surface area contributed by atoms with Crippen LogP contribution < -0.4 is 12.4 Å². The molecule has 0 saturated carbocycles. The Kier molecular flexibility index (Phi) is 10.7. The molecule has 134 valence electrons. The molecule has 2 N–H and O–H groups in total. The van der Waals surface area contributed by atoms with Crippen molar-refractivity contribution in [2.24, 2.45) is 0 Å². The number of aromatic carboxylic acids is 2. The van der Waals surface area contributed by atoms with Crippen LogP contribution in [-0.4, -0.2) is 27.1 Å². The monoisotopic (exact) mass is 547 g/mol. The quantitative estimate of drug-likeness (QED) is 0.472. The number of carboxylic acid groups (broad SMARTS) is 2. The van der Waals surface area contributed by atoms with Crippen molar-refractivity contribution in [3.63, 3.8) is 0 Å². The van der Waals surface area contributed by atoms with Gasteiger partial charge in [-0.3, -0.25) is 0 Å². The molecule has 0 bridgehead atoms. The molecule has 3 aromatic rings. The summed E-state index contributed by atoms with van der Waals surface area (Å²) in [6.07, 6.45) is 1.15. The molecule has 0 aliphatic rings. The fraction of sp³-hybridized carbons (Fsp3) is 0. The number of aromatic nitrogens is 1. The number of carboxylic acids is 2. The minimum absolute atomic E-state index is 0. The number of carbonyl (C=O) groups is 2. The summed E-state index contributed by atoms with van der Waals surface area (Å²) in [6.45, 7) is 0. The van der Waals surface area contributed by atoms with E-state index in [-0.39, 0.29) is 43.5 Å². The molecule has 0 amide bonds. The maximum absolute atomic E-state index is 10.4. The molecule has 0 spiro atoms. The zero-order chi connectivity index (χ0) is 17.4. The van der Waals surface area contributed by atoms with Crippen LogP contribution in [0.4, 0.5) is 0 Å². The average molecular weight is 546 g/mol. The number of nitrogens with zero attached hydrogens (tertiary/aromatic N) is 1. The van der Waals surface area contributed by atoms with E-state index in [1.54, 1.807) is 0 Å². The molecule has 1 aromatic heterocycles. The van der Waals surface area contributed by atoms with E-state index in [0.29, 0.717) is 0 Å². The molecule has 1 heterocycles. The largest absolute Gasteiger partial charge is 2.00 e. The molecule has 0 saturated heterocycles. The van der Waals surface area contributed by atoms with Crippen LogP contribution in [0.1, 0.15) is 20.8 Å². The second kappa shape index (κ2) is 11.9. The number of halogens is 1. The van der Waals surface area contributed by atoms with Crippen molar-refractivity contribution in [1.29, 1.82) is 0 Å². The minimum Gasteiger partial charge on any atom is -1.00 e. The molecule has 0 unspecified atom stereocenters. The molecule has 0 aliphatic heterocycles. The number of hydrogen-bond donors (Lipinski definition) is 2. The number of benzene rings is 2. The Bertz CT molecular complexity index is 762. The van der Waals surface area contributed by atoms with Crippen molar-refractivity contribution in [2.75, 3.05) is 0 Å². The smallest absolute Gasteiger partial charge is 1.00 e. The molecule has 0 fully saturated rings. The van der Waals surface area contributed by atoms with Gasteiger partial charge in [-0.2, -0.15) is 30.3 Å². The van der Waals surface area contributed by atoms with Crippen LogP contribution in [-0.2, 0) is 19.8 Å². The van der Waals surface area contributed by atoms with E-state index in [2.05, 4.69) is 35.3 Å². The Morgan fingerprint density at radius 3 is 1.96 bits per heavy atom. The molecule has 26 heavy (non-hydrogen) atoms. The van der Waals surface area contributed by atoms with Gasteiger partial charge in [-0.05, 0) is 17.7 Å². The van der Waals surface area contributed by atoms with Crippen LogP contribution in [0.25, 0.3) is 11.1 Å². The SMILES string of the molecule is O=C(O)c1ccnc(C(=O)O)c1.[Cl-].[Os+2].[c-]1ccc(-c2ccccc2)cc1. The second-order valence-corrected chi connectivity index (χ2v) is 4.69. The normalized spacial score (nSPS) is 8.77. The van der Waals surface area contributed by atoms with Crippen LogP contribution in [0.15, 0.2) is 72.9 Å². The third-order valence-corrected chi connectivity index (χ3v) is 3.05. The van der Waals surface area contributed by atoms with E-state index in [9.17, 15) is 9.59 Å². The first-order valence-electron chi connectivity index (χ1n) is 7.02. The summed E-state index contributed by atoms with van der Waals surface area (Å²) in [6, 6.07) is 23.6. The summed E-state index contributed by atoms with van der Waals surface area (Å²) in [7, 11) is 0. The summed E-state index contributed by atoms with van der Waals surface area (Å²) in [4.78, 5) is 24.1. The van der Waals surface area contributed by atoms with Gasteiger partial charge in [0, 0.05) is 6.20 Å². The number of pyridine rings is 1. The first-order chi connectivity index (χ1) is 11.6. The standard InChI is InChI=1S/C12H9.C7H5NO4.ClH.Os/c1-3-7-11(8-4-1)12-9-5-2-6-10-12;9-6(10)4-1-2-8-5(3-4)7(11)12;;/h1,3-10H;1-3H,(H,9,10)(H,11,12);1H;/q-1;;;+2/p-1. The summed E-state index contributed by atoms with van der Waals surface area (Å²) >= 11 is 0. The van der Waals surface area contributed by atoms with Gasteiger partial charge in [-0.15, -0.1) is 5.56 Å². The van der Waals surface area contributed by atoms with Gasteiger partial charge in [-0.25, -0.2) is 14.6 Å². The minimum atomic E-state index is -1.24. The van der Waals surface area contributed by atoms with E-state index in [1.165, 1.54) is 17.2 Å². The Morgan fingerprint density at radius 2 is 1.42 bits per heavy atom. The first-order valence-corrected chi connectivity index (χ1v) is 7.02. The van der Waals surface area contributed by atoms with E-state index in [1.807, 2.05) is 30.3 Å². The first kappa shape index (κ1) is 23.5. The van der Waals surface area contributed by atoms with Gasteiger partial charge in [0.05, 0.1) is 5.56 Å². The molecule has 0 radical (unpaired) electrons. The van der Waals surface area contributed by atoms with Crippen molar-refractivity contribution in [1.82, 2.24) is 4.98 Å².